The van der Waals surface area contributed by atoms with Crippen molar-refractivity contribution in [2.75, 3.05) is 11.4 Å². The molecular weight excluding hydrogens is 274 g/mol. The summed E-state index contributed by atoms with van der Waals surface area (Å²) in [6, 6.07) is 4.07. The van der Waals surface area contributed by atoms with E-state index in [0.29, 0.717) is 6.54 Å². The van der Waals surface area contributed by atoms with Crippen LogP contribution >= 0.6 is 11.3 Å². The van der Waals surface area contributed by atoms with E-state index < -0.39 is 0 Å². The molecule has 7 heteroatoms. The van der Waals surface area contributed by atoms with Gasteiger partial charge in [0, 0.05) is 13.6 Å². The summed E-state index contributed by atoms with van der Waals surface area (Å²) in [6.45, 7) is 2.68. The number of aryl methyl sites for hydroxylation is 1. The topological polar surface area (TPSA) is 63.1 Å². The van der Waals surface area contributed by atoms with Crippen molar-refractivity contribution >= 4 is 43.7 Å². The lowest BCUT2D eigenvalue weighted by molar-refractivity contribution is 0.252. The van der Waals surface area contributed by atoms with Crippen LogP contribution in [0.25, 0.3) is 21.3 Å². The number of benzene rings is 1. The van der Waals surface area contributed by atoms with Crippen LogP contribution in [0.15, 0.2) is 18.5 Å². The molecule has 0 radical (unpaired) electrons. The second kappa shape index (κ2) is 3.92. The number of anilines is 1. The number of imidazole rings is 1. The molecule has 1 atom stereocenters. The zero-order chi connectivity index (χ0) is 13.9. The Balaban J connectivity index is 1.96. The van der Waals surface area contributed by atoms with Gasteiger partial charge in [0.05, 0.1) is 28.1 Å². The molecule has 1 aromatic carbocycles. The SMILES string of the molecule is CC1CNC(=O)N1c1nc2c(ccc3ncn(C)c32)s1. The van der Waals surface area contributed by atoms with Gasteiger partial charge in [-0.1, -0.05) is 11.3 Å². The van der Waals surface area contributed by atoms with Crippen LogP contribution in [0.3, 0.4) is 0 Å². The number of nitrogens with one attached hydrogen (secondary N) is 1. The van der Waals surface area contributed by atoms with Gasteiger partial charge in [-0.05, 0) is 19.1 Å². The highest BCUT2D eigenvalue weighted by molar-refractivity contribution is 7.22. The maximum Gasteiger partial charge on any atom is 0.324 e. The van der Waals surface area contributed by atoms with Crippen LogP contribution in [0, 0.1) is 0 Å². The molecule has 1 aliphatic heterocycles. The van der Waals surface area contributed by atoms with E-state index >= 15 is 0 Å². The van der Waals surface area contributed by atoms with Gasteiger partial charge in [-0.25, -0.2) is 14.8 Å². The molecule has 1 saturated heterocycles. The second-order valence-corrected chi connectivity index (χ2v) is 6.05. The molecule has 1 aliphatic rings. The highest BCUT2D eigenvalue weighted by atomic mass is 32.1. The molecule has 1 fully saturated rings. The Morgan fingerprint density at radius 2 is 2.30 bits per heavy atom. The zero-order valence-electron chi connectivity index (χ0n) is 11.1. The van der Waals surface area contributed by atoms with Gasteiger partial charge in [0.15, 0.2) is 5.13 Å². The van der Waals surface area contributed by atoms with E-state index in [4.69, 9.17) is 0 Å². The predicted molar refractivity (Wildman–Crippen MR) is 79.2 cm³/mol. The maximum atomic E-state index is 11.9. The van der Waals surface area contributed by atoms with Gasteiger partial charge in [0.2, 0.25) is 0 Å². The summed E-state index contributed by atoms with van der Waals surface area (Å²) < 4.78 is 3.04. The summed E-state index contributed by atoms with van der Waals surface area (Å²) in [4.78, 5) is 22.7. The minimum Gasteiger partial charge on any atom is -0.336 e. The van der Waals surface area contributed by atoms with Crippen LogP contribution in [-0.2, 0) is 7.05 Å². The van der Waals surface area contributed by atoms with Crippen LogP contribution in [0.1, 0.15) is 6.92 Å². The van der Waals surface area contributed by atoms with Crippen LogP contribution in [0.4, 0.5) is 9.93 Å². The number of hydrogen-bond acceptors (Lipinski definition) is 4. The van der Waals surface area contributed by atoms with E-state index in [1.165, 1.54) is 0 Å². The summed E-state index contributed by atoms with van der Waals surface area (Å²) in [5.41, 5.74) is 2.85. The van der Waals surface area contributed by atoms with Crippen molar-refractivity contribution in [2.24, 2.45) is 7.05 Å². The Morgan fingerprint density at radius 3 is 3.05 bits per heavy atom. The highest BCUT2D eigenvalue weighted by Crippen LogP contribution is 2.34. The normalized spacial score (nSPS) is 19.2. The first-order valence-corrected chi connectivity index (χ1v) is 7.24. The van der Waals surface area contributed by atoms with Gasteiger partial charge in [0.25, 0.3) is 0 Å². The monoisotopic (exact) mass is 287 g/mol. The first-order valence-electron chi connectivity index (χ1n) is 6.43. The third-order valence-electron chi connectivity index (χ3n) is 3.64. The van der Waals surface area contributed by atoms with E-state index in [0.717, 1.165) is 26.4 Å². The largest absolute Gasteiger partial charge is 0.336 e. The van der Waals surface area contributed by atoms with Gasteiger partial charge in [-0.15, -0.1) is 0 Å². The number of thiazole rings is 1. The number of rotatable bonds is 1. The lowest BCUT2D eigenvalue weighted by Gasteiger charge is -2.15. The minimum atomic E-state index is -0.0715. The fraction of sp³-hybridized carbons (Fsp3) is 0.308. The Labute approximate surface area is 119 Å². The Hall–Kier alpha value is -2.15. The molecule has 0 bridgehead atoms. The molecule has 20 heavy (non-hydrogen) atoms. The number of carbonyl (C=O) groups excluding carboxylic acids is 1. The molecule has 0 spiro atoms. The Morgan fingerprint density at radius 1 is 1.45 bits per heavy atom. The first-order chi connectivity index (χ1) is 9.65. The number of hydrogen-bond donors (Lipinski definition) is 1. The van der Waals surface area contributed by atoms with Gasteiger partial charge < -0.3 is 9.88 Å². The summed E-state index contributed by atoms with van der Waals surface area (Å²) in [5, 5.41) is 3.59. The number of aromatic nitrogens is 3. The molecule has 3 aromatic rings. The smallest absolute Gasteiger partial charge is 0.324 e. The van der Waals surface area contributed by atoms with Gasteiger partial charge >= 0.3 is 6.03 Å². The fourth-order valence-electron chi connectivity index (χ4n) is 2.61. The van der Waals surface area contributed by atoms with Crippen LogP contribution < -0.4 is 10.2 Å². The molecule has 2 amide bonds. The maximum absolute atomic E-state index is 11.9. The number of urea groups is 1. The Kier molecular flexibility index (Phi) is 2.29. The highest BCUT2D eigenvalue weighted by Gasteiger charge is 2.31. The fourth-order valence-corrected chi connectivity index (χ4v) is 3.68. The lowest BCUT2D eigenvalue weighted by Crippen LogP contribution is -2.32. The minimum absolute atomic E-state index is 0.0715. The lowest BCUT2D eigenvalue weighted by atomic mass is 10.3. The molecule has 102 valence electrons. The van der Waals surface area contributed by atoms with Crippen molar-refractivity contribution in [3.05, 3.63) is 18.5 Å². The molecule has 0 saturated carbocycles. The second-order valence-electron chi connectivity index (χ2n) is 5.04. The van der Waals surface area contributed by atoms with E-state index in [9.17, 15) is 4.79 Å². The van der Waals surface area contributed by atoms with Crippen LogP contribution in [0.2, 0.25) is 0 Å². The summed E-state index contributed by atoms with van der Waals surface area (Å²) >= 11 is 1.54. The molecule has 1 unspecified atom stereocenters. The quantitative estimate of drug-likeness (QED) is 0.745. The van der Waals surface area contributed by atoms with Gasteiger partial charge in [-0.3, -0.25) is 4.90 Å². The third kappa shape index (κ3) is 1.46. The molecule has 4 rings (SSSR count). The molecule has 3 heterocycles. The number of carbonyl (C=O) groups is 1. The number of fused-ring (bicyclic) bond motifs is 3. The van der Waals surface area contributed by atoms with Crippen LogP contribution in [-0.4, -0.2) is 33.2 Å². The summed E-state index contributed by atoms with van der Waals surface area (Å²) in [6.07, 6.45) is 1.79. The standard InChI is InChI=1S/C13H13N5OS/c1-7-5-14-12(19)18(7)13-16-10-9(20-13)4-3-8-11(10)17(2)6-15-8/h3-4,6-7H,5H2,1-2H3,(H,14,19). The van der Waals surface area contributed by atoms with Crippen molar-refractivity contribution in [3.63, 3.8) is 0 Å². The van der Waals surface area contributed by atoms with Crippen molar-refractivity contribution in [3.8, 4) is 0 Å². The number of amides is 2. The van der Waals surface area contributed by atoms with Crippen molar-refractivity contribution in [2.45, 2.75) is 13.0 Å². The summed E-state index contributed by atoms with van der Waals surface area (Å²) in [5.74, 6) is 0. The third-order valence-corrected chi connectivity index (χ3v) is 4.66. The van der Waals surface area contributed by atoms with Crippen LogP contribution in [0.5, 0.6) is 0 Å². The van der Waals surface area contributed by atoms with Gasteiger partial charge in [0.1, 0.15) is 5.52 Å². The first kappa shape index (κ1) is 11.7. The summed E-state index contributed by atoms with van der Waals surface area (Å²) in [7, 11) is 1.96. The average Bonchev–Trinajstić information content (AvgIpc) is 3.07. The Bertz CT molecular complexity index is 836. The van der Waals surface area contributed by atoms with E-state index in [1.807, 2.05) is 30.7 Å². The zero-order valence-corrected chi connectivity index (χ0v) is 11.9. The van der Waals surface area contributed by atoms with Gasteiger partial charge in [-0.2, -0.15) is 0 Å². The van der Waals surface area contributed by atoms with Crippen molar-refractivity contribution < 1.29 is 4.79 Å². The van der Waals surface area contributed by atoms with E-state index in [2.05, 4.69) is 15.3 Å². The van der Waals surface area contributed by atoms with Crippen molar-refractivity contribution in [1.29, 1.82) is 0 Å². The van der Waals surface area contributed by atoms with Crippen molar-refractivity contribution in [1.82, 2.24) is 19.9 Å². The molecular formula is C13H13N5OS. The molecule has 0 aliphatic carbocycles. The number of nitrogens with zero attached hydrogens (tertiary/aromatic N) is 4. The average molecular weight is 287 g/mol. The molecule has 1 N–H and O–H groups in total. The molecule has 2 aromatic heterocycles. The van der Waals surface area contributed by atoms with E-state index in [1.54, 1.807) is 22.6 Å². The predicted octanol–water partition coefficient (Wildman–Crippen LogP) is 2.10. The van der Waals surface area contributed by atoms with E-state index in [-0.39, 0.29) is 12.1 Å². The molecule has 6 nitrogen and oxygen atoms in total.